The number of carboxylic acids is 1. The maximum atomic E-state index is 10.5. The van der Waals surface area contributed by atoms with Crippen LogP contribution >= 0.6 is 0 Å². The topological polar surface area (TPSA) is 92.4 Å². The molecule has 0 atom stereocenters. The Morgan fingerprint density at radius 1 is 1.27 bits per heavy atom. The molecule has 1 aromatic carbocycles. The van der Waals surface area contributed by atoms with Gasteiger partial charge in [-0.2, -0.15) is 0 Å². The van der Waals surface area contributed by atoms with E-state index in [0.29, 0.717) is 5.69 Å². The summed E-state index contributed by atoms with van der Waals surface area (Å²) in [6, 6.07) is 5.97. The summed E-state index contributed by atoms with van der Waals surface area (Å²) in [4.78, 5) is 20.7. The standard InChI is InChI=1S/C10H10N2O3/c11-10(15)12-8-4-1-7(2-5-8)3-6-9(13)14/h1-6H,(H,13,14)(H3,11,12,15)/b6-3+. The molecule has 0 aliphatic carbocycles. The lowest BCUT2D eigenvalue weighted by molar-refractivity contribution is -0.131. The number of carboxylic acid groups (broad SMARTS) is 1. The molecule has 5 heteroatoms. The first-order chi connectivity index (χ1) is 7.08. The normalized spacial score (nSPS) is 10.1. The van der Waals surface area contributed by atoms with Crippen molar-refractivity contribution in [3.8, 4) is 0 Å². The third-order valence-corrected chi connectivity index (χ3v) is 1.60. The van der Waals surface area contributed by atoms with Crippen LogP contribution in [0.4, 0.5) is 10.5 Å². The zero-order chi connectivity index (χ0) is 11.3. The third-order valence-electron chi connectivity index (χ3n) is 1.60. The Morgan fingerprint density at radius 3 is 2.33 bits per heavy atom. The van der Waals surface area contributed by atoms with E-state index < -0.39 is 12.0 Å². The summed E-state index contributed by atoms with van der Waals surface area (Å²) in [6.07, 6.45) is 2.49. The summed E-state index contributed by atoms with van der Waals surface area (Å²) >= 11 is 0. The van der Waals surface area contributed by atoms with E-state index in [0.717, 1.165) is 11.6 Å². The number of hydrogen-bond acceptors (Lipinski definition) is 2. The first-order valence-electron chi connectivity index (χ1n) is 4.15. The largest absolute Gasteiger partial charge is 0.478 e. The average Bonchev–Trinajstić information content (AvgIpc) is 2.16. The molecule has 0 aliphatic rings. The highest BCUT2D eigenvalue weighted by molar-refractivity contribution is 5.88. The minimum Gasteiger partial charge on any atom is -0.478 e. The molecule has 1 rings (SSSR count). The summed E-state index contributed by atoms with van der Waals surface area (Å²) in [7, 11) is 0. The van der Waals surface area contributed by atoms with Gasteiger partial charge >= 0.3 is 12.0 Å². The predicted molar refractivity (Wildman–Crippen MR) is 56.3 cm³/mol. The van der Waals surface area contributed by atoms with E-state index in [1.807, 2.05) is 0 Å². The highest BCUT2D eigenvalue weighted by Gasteiger charge is 1.95. The Kier molecular flexibility index (Phi) is 3.45. The molecule has 0 spiro atoms. The molecule has 5 nitrogen and oxygen atoms in total. The van der Waals surface area contributed by atoms with Crippen LogP contribution in [0.15, 0.2) is 30.3 Å². The fraction of sp³-hybridized carbons (Fsp3) is 0. The number of anilines is 1. The van der Waals surface area contributed by atoms with Gasteiger partial charge in [-0.25, -0.2) is 9.59 Å². The van der Waals surface area contributed by atoms with Gasteiger partial charge in [0.25, 0.3) is 0 Å². The Labute approximate surface area is 86.2 Å². The lowest BCUT2D eigenvalue weighted by atomic mass is 10.2. The van der Waals surface area contributed by atoms with E-state index in [9.17, 15) is 9.59 Å². The van der Waals surface area contributed by atoms with E-state index in [4.69, 9.17) is 10.8 Å². The lowest BCUT2D eigenvalue weighted by Gasteiger charge is -2.00. The summed E-state index contributed by atoms with van der Waals surface area (Å²) in [5.74, 6) is -1.01. The van der Waals surface area contributed by atoms with E-state index in [-0.39, 0.29) is 0 Å². The second-order valence-electron chi connectivity index (χ2n) is 2.78. The Morgan fingerprint density at radius 2 is 1.87 bits per heavy atom. The molecule has 0 unspecified atom stereocenters. The van der Waals surface area contributed by atoms with Crippen molar-refractivity contribution in [2.24, 2.45) is 5.73 Å². The van der Waals surface area contributed by atoms with Gasteiger partial charge in [-0.3, -0.25) is 0 Å². The summed E-state index contributed by atoms with van der Waals surface area (Å²) in [5, 5.41) is 10.8. The molecule has 0 saturated carbocycles. The summed E-state index contributed by atoms with van der Waals surface area (Å²) in [5.41, 5.74) is 6.21. The van der Waals surface area contributed by atoms with Crippen molar-refractivity contribution in [1.82, 2.24) is 0 Å². The fourth-order valence-electron chi connectivity index (χ4n) is 0.987. The zero-order valence-corrected chi connectivity index (χ0v) is 7.81. The molecule has 4 N–H and O–H groups in total. The predicted octanol–water partition coefficient (Wildman–Crippen LogP) is 1.28. The van der Waals surface area contributed by atoms with E-state index in [1.165, 1.54) is 6.08 Å². The van der Waals surface area contributed by atoms with Crippen LogP contribution in [0.25, 0.3) is 6.08 Å². The van der Waals surface area contributed by atoms with E-state index in [1.54, 1.807) is 24.3 Å². The molecular formula is C10H10N2O3. The number of nitrogens with two attached hydrogens (primary N) is 1. The SMILES string of the molecule is NC(=O)Nc1ccc(/C=C/C(=O)O)cc1. The average molecular weight is 206 g/mol. The maximum Gasteiger partial charge on any atom is 0.328 e. The van der Waals surface area contributed by atoms with Crippen LogP contribution in [0.1, 0.15) is 5.56 Å². The van der Waals surface area contributed by atoms with Crippen LogP contribution in [-0.2, 0) is 4.79 Å². The summed E-state index contributed by atoms with van der Waals surface area (Å²) in [6.45, 7) is 0. The number of benzene rings is 1. The van der Waals surface area contributed by atoms with Crippen LogP contribution in [0, 0.1) is 0 Å². The number of aliphatic carboxylic acids is 1. The first kappa shape index (κ1) is 10.8. The number of hydrogen-bond donors (Lipinski definition) is 3. The molecule has 15 heavy (non-hydrogen) atoms. The van der Waals surface area contributed by atoms with Crippen LogP contribution < -0.4 is 11.1 Å². The van der Waals surface area contributed by atoms with Crippen molar-refractivity contribution in [3.63, 3.8) is 0 Å². The van der Waals surface area contributed by atoms with Crippen LogP contribution in [-0.4, -0.2) is 17.1 Å². The molecule has 0 aromatic heterocycles. The smallest absolute Gasteiger partial charge is 0.328 e. The fourth-order valence-corrected chi connectivity index (χ4v) is 0.987. The minimum absolute atomic E-state index is 0.565. The quantitative estimate of drug-likeness (QED) is 0.650. The number of urea groups is 1. The van der Waals surface area contributed by atoms with Crippen LogP contribution in [0.2, 0.25) is 0 Å². The molecule has 0 fully saturated rings. The maximum absolute atomic E-state index is 10.5. The first-order valence-corrected chi connectivity index (χ1v) is 4.15. The van der Waals surface area contributed by atoms with Gasteiger partial charge in [0, 0.05) is 11.8 Å². The van der Waals surface area contributed by atoms with Crippen molar-refractivity contribution < 1.29 is 14.7 Å². The van der Waals surface area contributed by atoms with Crippen molar-refractivity contribution >= 4 is 23.8 Å². The number of carbonyl (C=O) groups excluding carboxylic acids is 1. The van der Waals surface area contributed by atoms with Gasteiger partial charge < -0.3 is 16.2 Å². The Balaban J connectivity index is 2.72. The van der Waals surface area contributed by atoms with Gasteiger partial charge in [-0.15, -0.1) is 0 Å². The molecule has 0 aliphatic heterocycles. The Hall–Kier alpha value is -2.30. The molecule has 0 heterocycles. The molecule has 2 amide bonds. The van der Waals surface area contributed by atoms with Crippen molar-refractivity contribution in [1.29, 1.82) is 0 Å². The van der Waals surface area contributed by atoms with Gasteiger partial charge in [0.2, 0.25) is 0 Å². The number of carbonyl (C=O) groups is 2. The van der Waals surface area contributed by atoms with Crippen molar-refractivity contribution in [3.05, 3.63) is 35.9 Å². The number of nitrogens with one attached hydrogen (secondary N) is 1. The summed E-state index contributed by atoms with van der Waals surface area (Å²) < 4.78 is 0. The zero-order valence-electron chi connectivity index (χ0n) is 7.81. The lowest BCUT2D eigenvalue weighted by Crippen LogP contribution is -2.19. The van der Waals surface area contributed by atoms with Crippen LogP contribution in [0.5, 0.6) is 0 Å². The second-order valence-corrected chi connectivity index (χ2v) is 2.78. The highest BCUT2D eigenvalue weighted by Crippen LogP contribution is 2.10. The minimum atomic E-state index is -1.01. The van der Waals surface area contributed by atoms with E-state index in [2.05, 4.69) is 5.32 Å². The van der Waals surface area contributed by atoms with Crippen molar-refractivity contribution in [2.75, 3.05) is 5.32 Å². The molecular weight excluding hydrogens is 196 g/mol. The van der Waals surface area contributed by atoms with Crippen molar-refractivity contribution in [2.45, 2.75) is 0 Å². The van der Waals surface area contributed by atoms with Gasteiger partial charge in [0.1, 0.15) is 0 Å². The Bertz CT molecular complexity index is 396. The number of primary amides is 1. The highest BCUT2D eigenvalue weighted by atomic mass is 16.4. The molecule has 0 bridgehead atoms. The van der Waals surface area contributed by atoms with E-state index >= 15 is 0 Å². The third kappa shape index (κ3) is 3.95. The number of amides is 2. The molecule has 1 aromatic rings. The molecule has 0 radical (unpaired) electrons. The number of rotatable bonds is 3. The molecule has 78 valence electrons. The molecule has 0 saturated heterocycles. The van der Waals surface area contributed by atoms with Gasteiger partial charge in [-0.1, -0.05) is 12.1 Å². The van der Waals surface area contributed by atoms with Crippen LogP contribution in [0.3, 0.4) is 0 Å². The van der Waals surface area contributed by atoms with Gasteiger partial charge in [-0.05, 0) is 23.8 Å². The second kappa shape index (κ2) is 4.80. The monoisotopic (exact) mass is 206 g/mol. The van der Waals surface area contributed by atoms with Gasteiger partial charge in [0.05, 0.1) is 0 Å². The van der Waals surface area contributed by atoms with Gasteiger partial charge in [0.15, 0.2) is 0 Å².